The van der Waals surface area contributed by atoms with Gasteiger partial charge in [-0.15, -0.1) is 0 Å². The van der Waals surface area contributed by atoms with Gasteiger partial charge in [-0.3, -0.25) is 9.59 Å². The summed E-state index contributed by atoms with van der Waals surface area (Å²) < 4.78 is 28.0. The number of hydrogen-bond acceptors (Lipinski definition) is 4. The first-order chi connectivity index (χ1) is 15.4. The van der Waals surface area contributed by atoms with Gasteiger partial charge in [0.25, 0.3) is 5.91 Å². The minimum Gasteiger partial charge on any atom is -0.342 e. The molecular formula is C24H35N3O4S. The van der Waals surface area contributed by atoms with Gasteiger partial charge >= 0.3 is 0 Å². The molecule has 0 spiro atoms. The summed E-state index contributed by atoms with van der Waals surface area (Å²) in [6.07, 6.45) is 6.26. The van der Waals surface area contributed by atoms with Crippen LogP contribution in [0.25, 0.3) is 0 Å². The van der Waals surface area contributed by atoms with Gasteiger partial charge in [0, 0.05) is 45.2 Å². The summed E-state index contributed by atoms with van der Waals surface area (Å²) in [7, 11) is -3.70. The normalized spacial score (nSPS) is 23.8. The lowest BCUT2D eigenvalue weighted by atomic mass is 9.92. The highest BCUT2D eigenvalue weighted by atomic mass is 32.2. The average molecular weight is 462 g/mol. The zero-order chi connectivity index (χ0) is 22.7. The summed E-state index contributed by atoms with van der Waals surface area (Å²) in [5.74, 6) is 0.472. The Bertz CT molecular complexity index is 934. The predicted octanol–water partition coefficient (Wildman–Crippen LogP) is 2.97. The molecule has 3 saturated heterocycles. The highest BCUT2D eigenvalue weighted by Crippen LogP contribution is 2.28. The van der Waals surface area contributed by atoms with Crippen molar-refractivity contribution < 1.29 is 18.0 Å². The Kier molecular flexibility index (Phi) is 7.20. The molecule has 1 unspecified atom stereocenters. The Hall–Kier alpha value is -1.93. The number of piperidine rings is 3. The molecule has 3 aliphatic heterocycles. The SMILES string of the molecule is CC1CCCN(C(=O)C2CCN(C(=O)c3ccccc3S(=O)(=O)N3CCCCC3)CC2)C1. The van der Waals surface area contributed by atoms with Crippen molar-refractivity contribution in [3.8, 4) is 0 Å². The van der Waals surface area contributed by atoms with Gasteiger partial charge in [0.1, 0.15) is 0 Å². The molecule has 2 amide bonds. The topological polar surface area (TPSA) is 78.0 Å². The van der Waals surface area contributed by atoms with Crippen molar-refractivity contribution >= 4 is 21.8 Å². The van der Waals surface area contributed by atoms with Gasteiger partial charge in [-0.05, 0) is 56.6 Å². The fraction of sp³-hybridized carbons (Fsp3) is 0.667. The second-order valence-electron chi connectivity index (χ2n) is 9.56. The maximum absolute atomic E-state index is 13.3. The minimum atomic E-state index is -3.70. The van der Waals surface area contributed by atoms with E-state index in [0.717, 1.165) is 38.8 Å². The number of nitrogens with zero attached hydrogens (tertiary/aromatic N) is 3. The van der Waals surface area contributed by atoms with E-state index in [1.165, 1.54) is 10.7 Å². The summed E-state index contributed by atoms with van der Waals surface area (Å²) in [5, 5.41) is 0. The van der Waals surface area contributed by atoms with E-state index in [1.807, 2.05) is 4.90 Å². The second kappa shape index (κ2) is 9.91. The standard InChI is InChI=1S/C24H35N3O4S/c1-19-8-7-13-26(18-19)23(28)20-11-16-25(17-12-20)24(29)21-9-3-4-10-22(21)32(30,31)27-14-5-2-6-15-27/h3-4,9-10,19-20H,2,5-8,11-18H2,1H3. The van der Waals surface area contributed by atoms with Crippen LogP contribution in [-0.4, -0.2) is 73.6 Å². The third-order valence-corrected chi connectivity index (χ3v) is 9.11. The fourth-order valence-electron chi connectivity index (χ4n) is 5.26. The van der Waals surface area contributed by atoms with Crippen LogP contribution in [0.5, 0.6) is 0 Å². The largest absolute Gasteiger partial charge is 0.342 e. The van der Waals surface area contributed by atoms with Gasteiger partial charge < -0.3 is 9.80 Å². The number of rotatable bonds is 4. The zero-order valence-corrected chi connectivity index (χ0v) is 19.9. The van der Waals surface area contributed by atoms with Gasteiger partial charge in [-0.25, -0.2) is 8.42 Å². The summed E-state index contributed by atoms with van der Waals surface area (Å²) in [4.78, 5) is 30.1. The molecule has 1 aromatic rings. The average Bonchev–Trinajstić information content (AvgIpc) is 2.84. The third kappa shape index (κ3) is 4.86. The van der Waals surface area contributed by atoms with E-state index in [9.17, 15) is 18.0 Å². The van der Waals surface area contributed by atoms with Gasteiger partial charge in [0.15, 0.2) is 0 Å². The lowest BCUT2D eigenvalue weighted by Crippen LogP contribution is -2.47. The molecule has 3 fully saturated rings. The van der Waals surface area contributed by atoms with E-state index in [2.05, 4.69) is 6.92 Å². The number of amides is 2. The van der Waals surface area contributed by atoms with Gasteiger partial charge in [-0.1, -0.05) is 25.5 Å². The van der Waals surface area contributed by atoms with Crippen LogP contribution in [0.3, 0.4) is 0 Å². The van der Waals surface area contributed by atoms with E-state index < -0.39 is 10.0 Å². The van der Waals surface area contributed by atoms with Crippen molar-refractivity contribution in [3.05, 3.63) is 29.8 Å². The molecule has 0 saturated carbocycles. The summed E-state index contributed by atoms with van der Waals surface area (Å²) in [5.41, 5.74) is 0.243. The Morgan fingerprint density at radius 1 is 0.844 bits per heavy atom. The molecule has 7 nitrogen and oxygen atoms in total. The van der Waals surface area contributed by atoms with Crippen LogP contribution >= 0.6 is 0 Å². The molecule has 1 atom stereocenters. The van der Waals surface area contributed by atoms with E-state index in [1.54, 1.807) is 29.2 Å². The van der Waals surface area contributed by atoms with Crippen LogP contribution in [0.15, 0.2) is 29.2 Å². The molecule has 0 bridgehead atoms. The lowest BCUT2D eigenvalue weighted by Gasteiger charge is -2.37. The van der Waals surface area contributed by atoms with Gasteiger partial charge in [-0.2, -0.15) is 4.31 Å². The van der Waals surface area contributed by atoms with E-state index >= 15 is 0 Å². The van der Waals surface area contributed by atoms with Crippen molar-refractivity contribution in [2.75, 3.05) is 39.3 Å². The minimum absolute atomic E-state index is 0.0447. The number of sulfonamides is 1. The Labute approximate surface area is 191 Å². The molecule has 176 valence electrons. The van der Waals surface area contributed by atoms with Crippen molar-refractivity contribution in [3.63, 3.8) is 0 Å². The summed E-state index contributed by atoms with van der Waals surface area (Å²) in [6, 6.07) is 6.56. The Balaban J connectivity index is 1.43. The van der Waals surface area contributed by atoms with Crippen LogP contribution < -0.4 is 0 Å². The van der Waals surface area contributed by atoms with E-state index in [0.29, 0.717) is 44.9 Å². The molecule has 32 heavy (non-hydrogen) atoms. The van der Waals surface area contributed by atoms with Crippen LogP contribution in [0.2, 0.25) is 0 Å². The zero-order valence-electron chi connectivity index (χ0n) is 19.0. The van der Waals surface area contributed by atoms with Crippen LogP contribution in [0, 0.1) is 11.8 Å². The maximum Gasteiger partial charge on any atom is 0.255 e. The van der Waals surface area contributed by atoms with Crippen molar-refractivity contribution in [2.45, 2.75) is 56.8 Å². The molecule has 8 heteroatoms. The number of carbonyl (C=O) groups excluding carboxylic acids is 2. The molecule has 0 aliphatic carbocycles. The van der Waals surface area contributed by atoms with Gasteiger partial charge in [0.05, 0.1) is 10.5 Å². The van der Waals surface area contributed by atoms with Crippen LogP contribution in [-0.2, 0) is 14.8 Å². The van der Waals surface area contributed by atoms with E-state index in [4.69, 9.17) is 0 Å². The third-order valence-electron chi connectivity index (χ3n) is 7.15. The smallest absolute Gasteiger partial charge is 0.255 e. The first kappa shape index (κ1) is 23.2. The van der Waals surface area contributed by atoms with Crippen molar-refractivity contribution in [2.24, 2.45) is 11.8 Å². The predicted molar refractivity (Wildman–Crippen MR) is 123 cm³/mol. The first-order valence-corrected chi connectivity index (χ1v) is 13.5. The number of carbonyl (C=O) groups is 2. The molecule has 3 heterocycles. The lowest BCUT2D eigenvalue weighted by molar-refractivity contribution is -0.138. The monoisotopic (exact) mass is 461 g/mol. The molecule has 4 rings (SSSR count). The number of benzene rings is 1. The summed E-state index contributed by atoms with van der Waals surface area (Å²) >= 11 is 0. The molecule has 0 radical (unpaired) electrons. The van der Waals surface area contributed by atoms with Gasteiger partial charge in [0.2, 0.25) is 15.9 Å². The van der Waals surface area contributed by atoms with Crippen LogP contribution in [0.4, 0.5) is 0 Å². The van der Waals surface area contributed by atoms with E-state index in [-0.39, 0.29) is 28.2 Å². The Morgan fingerprint density at radius 3 is 2.22 bits per heavy atom. The molecular weight excluding hydrogens is 426 g/mol. The maximum atomic E-state index is 13.3. The quantitative estimate of drug-likeness (QED) is 0.691. The van der Waals surface area contributed by atoms with Crippen LogP contribution in [0.1, 0.15) is 62.2 Å². The molecule has 1 aromatic carbocycles. The fourth-order valence-corrected chi connectivity index (χ4v) is 6.96. The van der Waals surface area contributed by atoms with Crippen molar-refractivity contribution in [1.82, 2.24) is 14.1 Å². The molecule has 3 aliphatic rings. The first-order valence-electron chi connectivity index (χ1n) is 12.0. The number of likely N-dealkylation sites (tertiary alicyclic amines) is 2. The number of hydrogen-bond donors (Lipinski definition) is 0. The highest BCUT2D eigenvalue weighted by Gasteiger charge is 2.35. The molecule has 0 aromatic heterocycles. The molecule has 0 N–H and O–H groups in total. The van der Waals surface area contributed by atoms with Crippen molar-refractivity contribution in [1.29, 1.82) is 0 Å². The summed E-state index contributed by atoms with van der Waals surface area (Å²) in [6.45, 7) is 5.84. The Morgan fingerprint density at radius 2 is 1.53 bits per heavy atom. The highest BCUT2D eigenvalue weighted by molar-refractivity contribution is 7.89. The second-order valence-corrected chi connectivity index (χ2v) is 11.5.